The fraction of sp³-hybridized carbons (Fsp3) is 0.222. The van der Waals surface area contributed by atoms with Gasteiger partial charge in [0.25, 0.3) is 0 Å². The first-order chi connectivity index (χ1) is 5.90. The largest absolute Gasteiger partial charge is 0.462 e. The van der Waals surface area contributed by atoms with Gasteiger partial charge >= 0.3 is 0 Å². The van der Waals surface area contributed by atoms with Gasteiger partial charge in [-0.05, 0) is 19.2 Å². The Hall–Kier alpha value is -1.35. The van der Waals surface area contributed by atoms with E-state index in [1.807, 2.05) is 31.3 Å². The van der Waals surface area contributed by atoms with E-state index in [1.54, 1.807) is 6.26 Å². The molecule has 1 N–H and O–H groups in total. The number of para-hydroxylation sites is 1. The molecule has 12 heavy (non-hydrogen) atoms. The van der Waals surface area contributed by atoms with Crippen molar-refractivity contribution in [1.82, 2.24) is 5.32 Å². The third-order valence-corrected chi connectivity index (χ3v) is 1.76. The second kappa shape index (κ2) is 2.95. The van der Waals surface area contributed by atoms with Crippen molar-refractivity contribution in [3.05, 3.63) is 34.8 Å². The maximum atomic E-state index is 5.25. The van der Waals surface area contributed by atoms with Crippen molar-refractivity contribution in [2.24, 2.45) is 4.99 Å². The Kier molecular flexibility index (Phi) is 1.80. The van der Waals surface area contributed by atoms with Crippen molar-refractivity contribution < 1.29 is 4.74 Å². The number of hydrogen-bond acceptors (Lipinski definition) is 3. The van der Waals surface area contributed by atoms with Gasteiger partial charge < -0.3 is 4.74 Å². The van der Waals surface area contributed by atoms with E-state index in [2.05, 4.69) is 10.3 Å². The Morgan fingerprint density at radius 1 is 1.42 bits per heavy atom. The molecule has 2 rings (SSSR count). The summed E-state index contributed by atoms with van der Waals surface area (Å²) in [5, 5.41) is 4.93. The van der Waals surface area contributed by atoms with Crippen molar-refractivity contribution in [2.75, 3.05) is 7.05 Å². The van der Waals surface area contributed by atoms with Gasteiger partial charge in [-0.15, -0.1) is 0 Å². The molecule has 0 bridgehead atoms. The lowest BCUT2D eigenvalue weighted by Gasteiger charge is -2.13. The first-order valence-electron chi connectivity index (χ1n) is 3.86. The van der Waals surface area contributed by atoms with E-state index in [0.29, 0.717) is 0 Å². The Morgan fingerprint density at radius 2 is 2.25 bits per heavy atom. The molecular weight excluding hydrogens is 152 g/mol. The molecule has 0 radical (unpaired) electrons. The zero-order chi connectivity index (χ0) is 8.39. The van der Waals surface area contributed by atoms with Gasteiger partial charge in [0.1, 0.15) is 0 Å². The lowest BCUT2D eigenvalue weighted by molar-refractivity contribution is 0.152. The van der Waals surface area contributed by atoms with Gasteiger partial charge in [-0.1, -0.05) is 12.1 Å². The molecule has 0 aliphatic carbocycles. The van der Waals surface area contributed by atoms with Crippen molar-refractivity contribution >= 4 is 6.26 Å². The van der Waals surface area contributed by atoms with Crippen molar-refractivity contribution in [1.29, 1.82) is 0 Å². The van der Waals surface area contributed by atoms with Crippen LogP contribution >= 0.6 is 0 Å². The zero-order valence-corrected chi connectivity index (χ0v) is 6.82. The summed E-state index contributed by atoms with van der Waals surface area (Å²) in [4.78, 5) is 4.30. The van der Waals surface area contributed by atoms with Crippen LogP contribution in [-0.4, -0.2) is 13.4 Å². The molecule has 62 valence electrons. The monoisotopic (exact) mass is 162 g/mol. The average Bonchev–Trinajstić information content (AvgIpc) is 2.17. The molecule has 3 heteroatoms. The summed E-state index contributed by atoms with van der Waals surface area (Å²) in [7, 11) is 1.82. The lowest BCUT2D eigenvalue weighted by atomic mass is 10.3. The van der Waals surface area contributed by atoms with Gasteiger partial charge in [0, 0.05) is 5.22 Å². The molecule has 1 heterocycles. The molecule has 1 aliphatic heterocycles. The van der Waals surface area contributed by atoms with Crippen molar-refractivity contribution in [3.8, 4) is 0 Å². The van der Waals surface area contributed by atoms with E-state index in [-0.39, 0.29) is 6.35 Å². The van der Waals surface area contributed by atoms with Crippen molar-refractivity contribution in [3.63, 3.8) is 0 Å². The molecule has 1 atom stereocenters. The molecule has 1 aliphatic rings. The first-order valence-corrected chi connectivity index (χ1v) is 3.86. The van der Waals surface area contributed by atoms with E-state index in [0.717, 1.165) is 10.6 Å². The number of nitrogens with zero attached hydrogens (tertiary/aromatic N) is 1. The summed E-state index contributed by atoms with van der Waals surface area (Å²) in [6.07, 6.45) is 1.49. The minimum absolute atomic E-state index is 0.236. The van der Waals surface area contributed by atoms with Crippen LogP contribution in [0.1, 0.15) is 0 Å². The predicted molar refractivity (Wildman–Crippen MR) is 45.6 cm³/mol. The third-order valence-electron chi connectivity index (χ3n) is 1.76. The second-order valence-electron chi connectivity index (χ2n) is 2.58. The number of fused-ring (bicyclic) bond motifs is 1. The summed E-state index contributed by atoms with van der Waals surface area (Å²) < 4.78 is 5.25. The summed E-state index contributed by atoms with van der Waals surface area (Å²) in [5.74, 6) is 0. The smallest absolute Gasteiger partial charge is 0.246 e. The summed E-state index contributed by atoms with van der Waals surface area (Å²) in [5.41, 5.74) is 0. The number of hydrogen-bond donors (Lipinski definition) is 1. The lowest BCUT2D eigenvalue weighted by Crippen LogP contribution is -2.37. The Labute approximate surface area is 70.4 Å². The van der Waals surface area contributed by atoms with Crippen LogP contribution in [0, 0.1) is 0 Å². The molecule has 0 saturated carbocycles. The molecule has 1 aromatic rings. The highest BCUT2D eigenvalue weighted by Gasteiger charge is 2.03. The van der Waals surface area contributed by atoms with Crippen LogP contribution in [0.25, 0.3) is 6.26 Å². The Morgan fingerprint density at radius 3 is 3.08 bits per heavy atom. The van der Waals surface area contributed by atoms with Crippen molar-refractivity contribution in [2.45, 2.75) is 6.35 Å². The highest BCUT2D eigenvalue weighted by molar-refractivity contribution is 5.18. The third kappa shape index (κ3) is 1.19. The van der Waals surface area contributed by atoms with E-state index in [9.17, 15) is 0 Å². The molecule has 1 aromatic carbocycles. The SMILES string of the molecule is CNC1N=c2ccccc2=CO1. The van der Waals surface area contributed by atoms with E-state index >= 15 is 0 Å². The molecule has 0 fully saturated rings. The van der Waals surface area contributed by atoms with Crippen LogP contribution in [0.2, 0.25) is 0 Å². The molecule has 0 aromatic heterocycles. The molecule has 3 nitrogen and oxygen atoms in total. The number of benzene rings is 1. The number of nitrogens with one attached hydrogen (secondary N) is 1. The minimum atomic E-state index is -0.236. The highest BCUT2D eigenvalue weighted by atomic mass is 16.5. The van der Waals surface area contributed by atoms with Crippen LogP contribution in [0.4, 0.5) is 0 Å². The molecular formula is C9H10N2O. The van der Waals surface area contributed by atoms with Gasteiger partial charge in [0.15, 0.2) is 0 Å². The normalized spacial score (nSPS) is 19.9. The van der Waals surface area contributed by atoms with Crippen LogP contribution < -0.4 is 15.9 Å². The molecule has 1 unspecified atom stereocenters. The first kappa shape index (κ1) is 7.31. The zero-order valence-electron chi connectivity index (χ0n) is 6.82. The van der Waals surface area contributed by atoms with Gasteiger partial charge in [0.2, 0.25) is 6.35 Å². The summed E-state index contributed by atoms with van der Waals surface area (Å²) in [6.45, 7) is 0. The summed E-state index contributed by atoms with van der Waals surface area (Å²) in [6, 6.07) is 7.88. The maximum Gasteiger partial charge on any atom is 0.246 e. The fourth-order valence-corrected chi connectivity index (χ4v) is 1.13. The number of ether oxygens (including phenoxy) is 1. The molecule has 0 amide bonds. The fourth-order valence-electron chi connectivity index (χ4n) is 1.13. The standard InChI is InChI=1S/C9H10N2O/c1-10-9-11-8-5-3-2-4-7(8)6-12-9/h2-6,9-10H,1H3. The van der Waals surface area contributed by atoms with E-state index in [1.165, 1.54) is 0 Å². The van der Waals surface area contributed by atoms with E-state index in [4.69, 9.17) is 4.74 Å². The minimum Gasteiger partial charge on any atom is -0.462 e. The Bertz CT molecular complexity index is 386. The van der Waals surface area contributed by atoms with Gasteiger partial charge in [-0.3, -0.25) is 5.32 Å². The van der Waals surface area contributed by atoms with Gasteiger partial charge in [-0.25, -0.2) is 4.99 Å². The predicted octanol–water partition coefficient (Wildman–Crippen LogP) is -0.423. The number of rotatable bonds is 1. The quantitative estimate of drug-likeness (QED) is 0.608. The second-order valence-corrected chi connectivity index (χ2v) is 2.58. The van der Waals surface area contributed by atoms with E-state index < -0.39 is 0 Å². The Balaban J connectivity index is 2.56. The summed E-state index contributed by atoms with van der Waals surface area (Å²) >= 11 is 0. The van der Waals surface area contributed by atoms with Crippen LogP contribution in [-0.2, 0) is 4.74 Å². The van der Waals surface area contributed by atoms with Crippen LogP contribution in [0.3, 0.4) is 0 Å². The molecule has 0 spiro atoms. The molecule has 0 saturated heterocycles. The van der Waals surface area contributed by atoms with Gasteiger partial charge in [0.05, 0.1) is 11.6 Å². The average molecular weight is 162 g/mol. The maximum absolute atomic E-state index is 5.25. The highest BCUT2D eigenvalue weighted by Crippen LogP contribution is 1.90. The van der Waals surface area contributed by atoms with Gasteiger partial charge in [-0.2, -0.15) is 0 Å². The topological polar surface area (TPSA) is 33.6 Å². The van der Waals surface area contributed by atoms with Crippen LogP contribution in [0.15, 0.2) is 29.3 Å². The van der Waals surface area contributed by atoms with Crippen LogP contribution in [0.5, 0.6) is 0 Å².